The standard InChI is InChI=1S/C26H38Br2N6O2/c1-35-25-9-7-19(15-23(25)27)11-13-33(31)17-21(29)5-3-4-6-22(30)18-34(32)14-12-20-8-10-26(36-2)24(28)16-20/h7-10,15-18H,3-6,11-14,29-32H2,1-2H3/b21-17-,22-18-. The summed E-state index contributed by atoms with van der Waals surface area (Å²) in [5.41, 5.74) is 16.1. The molecule has 0 atom stereocenters. The maximum absolute atomic E-state index is 6.16. The molecule has 0 aliphatic heterocycles. The van der Waals surface area contributed by atoms with Crippen molar-refractivity contribution in [2.75, 3.05) is 27.3 Å². The minimum atomic E-state index is 0.662. The highest BCUT2D eigenvalue weighted by Crippen LogP contribution is 2.26. The van der Waals surface area contributed by atoms with E-state index >= 15 is 0 Å². The topological polar surface area (TPSA) is 129 Å². The normalized spacial score (nSPS) is 11.9. The summed E-state index contributed by atoms with van der Waals surface area (Å²) < 4.78 is 12.4. The van der Waals surface area contributed by atoms with Crippen LogP contribution in [0.4, 0.5) is 0 Å². The maximum Gasteiger partial charge on any atom is 0.133 e. The second-order valence-electron chi connectivity index (χ2n) is 8.53. The SMILES string of the molecule is COc1ccc(CCN(N)/C=C(\N)CCCC/C(N)=C/N(N)CCc2ccc(OC)c(Br)c2)cc1Br. The highest BCUT2D eigenvalue weighted by molar-refractivity contribution is 9.10. The zero-order valence-corrected chi connectivity index (χ0v) is 24.2. The van der Waals surface area contributed by atoms with Crippen molar-refractivity contribution in [2.45, 2.75) is 38.5 Å². The molecule has 0 radical (unpaired) electrons. The molecule has 36 heavy (non-hydrogen) atoms. The molecular weight excluding hydrogens is 588 g/mol. The van der Waals surface area contributed by atoms with Gasteiger partial charge in [-0.3, -0.25) is 0 Å². The van der Waals surface area contributed by atoms with Crippen LogP contribution < -0.4 is 32.6 Å². The van der Waals surface area contributed by atoms with Crippen LogP contribution in [0.5, 0.6) is 11.5 Å². The first-order chi connectivity index (χ1) is 17.2. The molecule has 0 heterocycles. The van der Waals surface area contributed by atoms with Crippen LogP contribution in [0.1, 0.15) is 36.8 Å². The zero-order chi connectivity index (χ0) is 26.5. The Hall–Kier alpha value is -2.40. The van der Waals surface area contributed by atoms with Gasteiger partial charge in [0.2, 0.25) is 0 Å². The summed E-state index contributed by atoms with van der Waals surface area (Å²) in [4.78, 5) is 0. The quantitative estimate of drug-likeness (QED) is 0.129. The molecule has 0 aromatic heterocycles. The first-order valence-corrected chi connectivity index (χ1v) is 13.4. The van der Waals surface area contributed by atoms with Crippen molar-refractivity contribution in [2.24, 2.45) is 23.2 Å². The van der Waals surface area contributed by atoms with E-state index in [9.17, 15) is 0 Å². The molecule has 0 bridgehead atoms. The van der Waals surface area contributed by atoms with Crippen LogP contribution in [0.2, 0.25) is 0 Å². The van der Waals surface area contributed by atoms with Crippen molar-refractivity contribution in [3.05, 3.63) is 80.3 Å². The van der Waals surface area contributed by atoms with E-state index in [1.807, 2.05) is 36.4 Å². The molecule has 2 aromatic rings. The van der Waals surface area contributed by atoms with Crippen molar-refractivity contribution in [1.82, 2.24) is 10.0 Å². The Balaban J connectivity index is 1.66. The van der Waals surface area contributed by atoms with Gasteiger partial charge in [-0.1, -0.05) is 12.1 Å². The van der Waals surface area contributed by atoms with E-state index < -0.39 is 0 Å². The van der Waals surface area contributed by atoms with E-state index in [0.29, 0.717) is 13.1 Å². The van der Waals surface area contributed by atoms with Crippen LogP contribution in [-0.4, -0.2) is 37.3 Å². The second kappa shape index (κ2) is 15.7. The Morgan fingerprint density at radius 3 is 1.47 bits per heavy atom. The molecular formula is C26H38Br2N6O2. The van der Waals surface area contributed by atoms with Gasteiger partial charge in [-0.15, -0.1) is 0 Å². The Labute approximate surface area is 231 Å². The van der Waals surface area contributed by atoms with Crippen LogP contribution in [0.3, 0.4) is 0 Å². The summed E-state index contributed by atoms with van der Waals surface area (Å²) in [6.45, 7) is 1.32. The van der Waals surface area contributed by atoms with Crippen LogP contribution in [0, 0.1) is 0 Å². The number of halogens is 2. The molecule has 0 saturated heterocycles. The molecule has 0 aliphatic carbocycles. The predicted octanol–water partition coefficient (Wildman–Crippen LogP) is 4.53. The number of hydrogen-bond acceptors (Lipinski definition) is 8. The van der Waals surface area contributed by atoms with Gasteiger partial charge in [-0.05, 0) is 106 Å². The smallest absolute Gasteiger partial charge is 0.133 e. The van der Waals surface area contributed by atoms with Crippen LogP contribution >= 0.6 is 31.9 Å². The predicted molar refractivity (Wildman–Crippen MR) is 154 cm³/mol. The van der Waals surface area contributed by atoms with Gasteiger partial charge < -0.3 is 31.0 Å². The average Bonchev–Trinajstić information content (AvgIpc) is 2.84. The van der Waals surface area contributed by atoms with Crippen LogP contribution in [-0.2, 0) is 12.8 Å². The van der Waals surface area contributed by atoms with Crippen molar-refractivity contribution in [1.29, 1.82) is 0 Å². The lowest BCUT2D eigenvalue weighted by molar-refractivity contribution is 0.391. The number of nitrogens with zero attached hydrogens (tertiary/aromatic N) is 2. The van der Waals surface area contributed by atoms with E-state index in [1.165, 1.54) is 0 Å². The van der Waals surface area contributed by atoms with Gasteiger partial charge in [0.05, 0.1) is 23.2 Å². The van der Waals surface area contributed by atoms with E-state index in [0.717, 1.165) is 81.5 Å². The number of rotatable bonds is 15. The third kappa shape index (κ3) is 10.7. The first kappa shape index (κ1) is 29.8. The average molecular weight is 626 g/mol. The van der Waals surface area contributed by atoms with Crippen LogP contribution in [0.25, 0.3) is 0 Å². The number of hydrogen-bond donors (Lipinski definition) is 4. The summed E-state index contributed by atoms with van der Waals surface area (Å²) in [5, 5.41) is 3.27. The minimum Gasteiger partial charge on any atom is -0.496 e. The van der Waals surface area contributed by atoms with Crippen molar-refractivity contribution in [3.8, 4) is 11.5 Å². The van der Waals surface area contributed by atoms with E-state index in [1.54, 1.807) is 36.6 Å². The Kier molecular flexibility index (Phi) is 13.0. The molecule has 0 unspecified atom stereocenters. The zero-order valence-electron chi connectivity index (χ0n) is 21.1. The van der Waals surface area contributed by atoms with Crippen molar-refractivity contribution >= 4 is 31.9 Å². The third-order valence-electron chi connectivity index (χ3n) is 5.59. The van der Waals surface area contributed by atoms with Crippen molar-refractivity contribution < 1.29 is 9.47 Å². The number of benzene rings is 2. The molecule has 0 saturated carbocycles. The molecule has 2 rings (SSSR count). The van der Waals surface area contributed by atoms with Gasteiger partial charge >= 0.3 is 0 Å². The Morgan fingerprint density at radius 2 is 1.14 bits per heavy atom. The summed E-state index contributed by atoms with van der Waals surface area (Å²) in [5.74, 6) is 13.8. The lowest BCUT2D eigenvalue weighted by Gasteiger charge is -2.16. The van der Waals surface area contributed by atoms with Gasteiger partial charge in [0.25, 0.3) is 0 Å². The summed E-state index contributed by atoms with van der Waals surface area (Å²) in [6, 6.07) is 12.0. The monoisotopic (exact) mass is 624 g/mol. The lowest BCUT2D eigenvalue weighted by atomic mass is 10.1. The lowest BCUT2D eigenvalue weighted by Crippen LogP contribution is -2.29. The second-order valence-corrected chi connectivity index (χ2v) is 10.2. The number of ether oxygens (including phenoxy) is 2. The largest absolute Gasteiger partial charge is 0.496 e. The van der Waals surface area contributed by atoms with E-state index in [-0.39, 0.29) is 0 Å². The molecule has 8 N–H and O–H groups in total. The first-order valence-electron chi connectivity index (χ1n) is 11.8. The van der Waals surface area contributed by atoms with Gasteiger partial charge in [0.15, 0.2) is 0 Å². The highest BCUT2D eigenvalue weighted by Gasteiger charge is 2.05. The molecule has 0 amide bonds. The fourth-order valence-corrected chi connectivity index (χ4v) is 4.77. The van der Waals surface area contributed by atoms with Gasteiger partial charge in [-0.25, -0.2) is 11.7 Å². The number of methoxy groups -OCH3 is 2. The van der Waals surface area contributed by atoms with Gasteiger partial charge in [0.1, 0.15) is 11.5 Å². The molecule has 8 nitrogen and oxygen atoms in total. The minimum absolute atomic E-state index is 0.662. The van der Waals surface area contributed by atoms with Crippen LogP contribution in [0.15, 0.2) is 69.1 Å². The van der Waals surface area contributed by atoms with Gasteiger partial charge in [0, 0.05) is 36.9 Å². The fraction of sp³-hybridized carbons (Fsp3) is 0.385. The molecule has 2 aromatic carbocycles. The van der Waals surface area contributed by atoms with Crippen molar-refractivity contribution in [3.63, 3.8) is 0 Å². The van der Waals surface area contributed by atoms with E-state index in [4.69, 9.17) is 32.6 Å². The molecule has 0 fully saturated rings. The number of unbranched alkanes of at least 4 members (excludes halogenated alkanes) is 1. The molecule has 198 valence electrons. The summed E-state index contributed by atoms with van der Waals surface area (Å²) in [6.07, 6.45) is 8.56. The molecule has 10 heteroatoms. The summed E-state index contributed by atoms with van der Waals surface area (Å²) in [7, 11) is 3.30. The third-order valence-corrected chi connectivity index (χ3v) is 6.83. The molecule has 0 aliphatic rings. The van der Waals surface area contributed by atoms with Gasteiger partial charge in [-0.2, -0.15) is 0 Å². The summed E-state index contributed by atoms with van der Waals surface area (Å²) >= 11 is 7.01. The number of hydrazine groups is 2. The molecule has 0 spiro atoms. The number of nitrogens with two attached hydrogens (primary N) is 4. The fourth-order valence-electron chi connectivity index (χ4n) is 3.59. The van der Waals surface area contributed by atoms with E-state index in [2.05, 4.69) is 31.9 Å². The number of allylic oxidation sites excluding steroid dienone is 2. The Bertz CT molecular complexity index is 950. The Morgan fingerprint density at radius 1 is 0.750 bits per heavy atom. The maximum atomic E-state index is 6.16. The highest BCUT2D eigenvalue weighted by atomic mass is 79.9.